The van der Waals surface area contributed by atoms with E-state index in [1.54, 1.807) is 17.4 Å². The maximum absolute atomic E-state index is 6.19. The van der Waals surface area contributed by atoms with Gasteiger partial charge in [0, 0.05) is 4.88 Å². The van der Waals surface area contributed by atoms with Gasteiger partial charge in [-0.25, -0.2) is 10.8 Å². The highest BCUT2D eigenvalue weighted by molar-refractivity contribution is 7.10. The van der Waals surface area contributed by atoms with Crippen LogP contribution in [0.3, 0.4) is 0 Å². The SMILES string of the molecule is CCCC(Nc1nc(NN)c(Cl)cc1Cl)c1cccs1. The highest BCUT2D eigenvalue weighted by atomic mass is 35.5. The largest absolute Gasteiger partial charge is 0.361 e. The molecule has 0 amide bonds. The third-order valence-electron chi connectivity index (χ3n) is 2.84. The monoisotopic (exact) mass is 330 g/mol. The fourth-order valence-electron chi connectivity index (χ4n) is 1.90. The molecule has 4 nitrogen and oxygen atoms in total. The molecule has 108 valence electrons. The minimum Gasteiger partial charge on any atom is -0.361 e. The van der Waals surface area contributed by atoms with Gasteiger partial charge in [0.25, 0.3) is 0 Å². The van der Waals surface area contributed by atoms with Gasteiger partial charge in [0.15, 0.2) is 5.82 Å². The summed E-state index contributed by atoms with van der Waals surface area (Å²) in [4.78, 5) is 5.57. The average Bonchev–Trinajstić information content (AvgIpc) is 2.95. The number of nitrogens with one attached hydrogen (secondary N) is 2. The van der Waals surface area contributed by atoms with E-state index in [0.29, 0.717) is 21.7 Å². The molecule has 1 atom stereocenters. The molecule has 0 saturated heterocycles. The van der Waals surface area contributed by atoms with Crippen molar-refractivity contribution < 1.29 is 0 Å². The van der Waals surface area contributed by atoms with Crippen LogP contribution in [0.4, 0.5) is 11.6 Å². The van der Waals surface area contributed by atoms with Gasteiger partial charge in [-0.3, -0.25) is 0 Å². The fourth-order valence-corrected chi connectivity index (χ4v) is 3.18. The van der Waals surface area contributed by atoms with Crippen molar-refractivity contribution in [2.24, 2.45) is 5.84 Å². The van der Waals surface area contributed by atoms with Crippen molar-refractivity contribution in [3.63, 3.8) is 0 Å². The van der Waals surface area contributed by atoms with E-state index in [2.05, 4.69) is 34.1 Å². The topological polar surface area (TPSA) is 63.0 Å². The lowest BCUT2D eigenvalue weighted by molar-refractivity contribution is 0.685. The van der Waals surface area contributed by atoms with E-state index in [1.165, 1.54) is 4.88 Å². The molecule has 0 spiro atoms. The number of rotatable bonds is 6. The predicted octanol–water partition coefficient (Wildman–Crippen LogP) is 4.69. The Morgan fingerprint density at radius 1 is 1.35 bits per heavy atom. The summed E-state index contributed by atoms with van der Waals surface area (Å²) in [5, 5.41) is 6.30. The molecule has 2 aromatic heterocycles. The number of nitrogens with zero attached hydrogens (tertiary/aromatic N) is 1. The summed E-state index contributed by atoms with van der Waals surface area (Å²) in [5.74, 6) is 6.37. The van der Waals surface area contributed by atoms with E-state index in [9.17, 15) is 0 Å². The maximum atomic E-state index is 6.19. The lowest BCUT2D eigenvalue weighted by Crippen LogP contribution is -2.14. The van der Waals surface area contributed by atoms with Gasteiger partial charge in [-0.05, 0) is 23.9 Å². The molecule has 0 aromatic carbocycles. The second-order valence-electron chi connectivity index (χ2n) is 4.29. The molecule has 7 heteroatoms. The Labute approximate surface area is 132 Å². The third-order valence-corrected chi connectivity index (χ3v) is 4.40. The predicted molar refractivity (Wildman–Crippen MR) is 87.7 cm³/mol. The molecule has 0 radical (unpaired) electrons. The van der Waals surface area contributed by atoms with Gasteiger partial charge in [0.2, 0.25) is 0 Å². The minimum absolute atomic E-state index is 0.178. The number of aromatic nitrogens is 1. The zero-order chi connectivity index (χ0) is 14.5. The molecule has 0 bridgehead atoms. The number of nitrogen functional groups attached to an aromatic ring is 1. The standard InChI is InChI=1S/C13H16Cl2N4S/c1-2-4-10(11-5-3-6-20-11)17-12-8(14)7-9(15)13(18-12)19-16/h3,5-7,10H,2,4,16H2,1H3,(H2,17,18,19). The number of hydrogen-bond acceptors (Lipinski definition) is 5. The normalized spacial score (nSPS) is 12.2. The van der Waals surface area contributed by atoms with Gasteiger partial charge in [0.05, 0.1) is 16.1 Å². The van der Waals surface area contributed by atoms with Gasteiger partial charge in [-0.15, -0.1) is 11.3 Å². The molecular weight excluding hydrogens is 315 g/mol. The Balaban J connectivity index is 2.26. The summed E-state index contributed by atoms with van der Waals surface area (Å²) in [7, 11) is 0. The first-order chi connectivity index (χ1) is 9.65. The van der Waals surface area contributed by atoms with Gasteiger partial charge in [0.1, 0.15) is 5.82 Å². The zero-order valence-corrected chi connectivity index (χ0v) is 13.3. The van der Waals surface area contributed by atoms with E-state index in [0.717, 1.165) is 12.8 Å². The van der Waals surface area contributed by atoms with Crippen LogP contribution in [0.1, 0.15) is 30.7 Å². The lowest BCUT2D eigenvalue weighted by Gasteiger charge is -2.19. The maximum Gasteiger partial charge on any atom is 0.161 e. The first kappa shape index (κ1) is 15.4. The van der Waals surface area contributed by atoms with Crippen LogP contribution in [0.25, 0.3) is 0 Å². The van der Waals surface area contributed by atoms with E-state index in [-0.39, 0.29) is 6.04 Å². The van der Waals surface area contributed by atoms with Crippen LogP contribution in [0.15, 0.2) is 23.6 Å². The summed E-state index contributed by atoms with van der Waals surface area (Å²) in [6.45, 7) is 2.14. The van der Waals surface area contributed by atoms with Crippen molar-refractivity contribution in [1.29, 1.82) is 0 Å². The van der Waals surface area contributed by atoms with E-state index in [1.807, 2.05) is 6.07 Å². The van der Waals surface area contributed by atoms with Crippen LogP contribution in [-0.2, 0) is 0 Å². The molecule has 4 N–H and O–H groups in total. The number of halogens is 2. The van der Waals surface area contributed by atoms with Gasteiger partial charge < -0.3 is 10.7 Å². The molecule has 0 aliphatic heterocycles. The van der Waals surface area contributed by atoms with Gasteiger partial charge >= 0.3 is 0 Å². The summed E-state index contributed by atoms with van der Waals surface area (Å²) < 4.78 is 0. The fraction of sp³-hybridized carbons (Fsp3) is 0.308. The van der Waals surface area contributed by atoms with Crippen LogP contribution in [0.5, 0.6) is 0 Å². The van der Waals surface area contributed by atoms with E-state index >= 15 is 0 Å². The van der Waals surface area contributed by atoms with Crippen LogP contribution in [-0.4, -0.2) is 4.98 Å². The Morgan fingerprint density at radius 2 is 2.10 bits per heavy atom. The third kappa shape index (κ3) is 3.55. The van der Waals surface area contributed by atoms with Crippen molar-refractivity contribution in [2.45, 2.75) is 25.8 Å². The second-order valence-corrected chi connectivity index (χ2v) is 6.09. The van der Waals surface area contributed by atoms with Crippen LogP contribution >= 0.6 is 34.5 Å². The van der Waals surface area contributed by atoms with Crippen LogP contribution in [0, 0.1) is 0 Å². The van der Waals surface area contributed by atoms with Crippen LogP contribution in [0.2, 0.25) is 10.0 Å². The Bertz CT molecular complexity index is 560. The van der Waals surface area contributed by atoms with E-state index in [4.69, 9.17) is 29.0 Å². The average molecular weight is 331 g/mol. The summed E-state index contributed by atoms with van der Waals surface area (Å²) in [6.07, 6.45) is 2.05. The van der Waals surface area contributed by atoms with E-state index < -0.39 is 0 Å². The number of thiophene rings is 1. The second kappa shape index (κ2) is 7.13. The Morgan fingerprint density at radius 3 is 2.70 bits per heavy atom. The molecule has 2 rings (SSSR count). The molecule has 20 heavy (non-hydrogen) atoms. The van der Waals surface area contributed by atoms with Crippen molar-refractivity contribution in [3.05, 3.63) is 38.5 Å². The molecule has 2 heterocycles. The zero-order valence-electron chi connectivity index (χ0n) is 11.0. The number of anilines is 2. The summed E-state index contributed by atoms with van der Waals surface area (Å²) >= 11 is 13.9. The number of hydrogen-bond donors (Lipinski definition) is 3. The number of pyridine rings is 1. The van der Waals surface area contributed by atoms with Gasteiger partial charge in [-0.2, -0.15) is 0 Å². The van der Waals surface area contributed by atoms with Crippen molar-refractivity contribution in [2.75, 3.05) is 10.7 Å². The Hall–Kier alpha value is -1.01. The quantitative estimate of drug-likeness (QED) is 0.531. The molecular formula is C13H16Cl2N4S. The van der Waals surface area contributed by atoms with Gasteiger partial charge in [-0.1, -0.05) is 42.6 Å². The van der Waals surface area contributed by atoms with Crippen molar-refractivity contribution in [3.8, 4) is 0 Å². The summed E-state index contributed by atoms with van der Waals surface area (Å²) in [5.41, 5.74) is 2.46. The van der Waals surface area contributed by atoms with Crippen molar-refractivity contribution >= 4 is 46.2 Å². The number of hydrazine groups is 1. The van der Waals surface area contributed by atoms with Crippen LogP contribution < -0.4 is 16.6 Å². The first-order valence-corrected chi connectivity index (χ1v) is 7.91. The smallest absolute Gasteiger partial charge is 0.161 e. The molecule has 1 unspecified atom stereocenters. The molecule has 0 aliphatic carbocycles. The molecule has 2 aromatic rings. The lowest BCUT2D eigenvalue weighted by atomic mass is 10.1. The highest BCUT2D eigenvalue weighted by Crippen LogP contribution is 2.33. The minimum atomic E-state index is 0.178. The summed E-state index contributed by atoms with van der Waals surface area (Å²) in [6, 6.07) is 5.94. The number of nitrogens with two attached hydrogens (primary N) is 1. The highest BCUT2D eigenvalue weighted by Gasteiger charge is 2.15. The Kier molecular flexibility index (Phi) is 5.48. The molecule has 0 fully saturated rings. The van der Waals surface area contributed by atoms with Crippen molar-refractivity contribution in [1.82, 2.24) is 4.98 Å². The first-order valence-electron chi connectivity index (χ1n) is 6.28. The molecule has 0 aliphatic rings. The molecule has 0 saturated carbocycles.